The van der Waals surface area contributed by atoms with Crippen LogP contribution in [0.4, 0.5) is 0 Å². The Kier molecular flexibility index (Phi) is 3.22. The van der Waals surface area contributed by atoms with E-state index in [1.165, 1.54) is 0 Å². The van der Waals surface area contributed by atoms with Gasteiger partial charge in [0.25, 0.3) is 0 Å². The van der Waals surface area contributed by atoms with Crippen LogP contribution in [0.2, 0.25) is 0 Å². The molecular weight excluding hydrogens is 266 g/mol. The zero-order valence-corrected chi connectivity index (χ0v) is 11.6. The minimum atomic E-state index is -1.33. The second-order valence-corrected chi connectivity index (χ2v) is 5.14. The minimum absolute atomic E-state index is 0.370. The van der Waals surface area contributed by atoms with Gasteiger partial charge in [0.05, 0.1) is 0 Å². The Morgan fingerprint density at radius 2 is 1.67 bits per heavy atom. The number of carboxylic acids is 1. The van der Waals surface area contributed by atoms with E-state index in [0.717, 1.165) is 11.1 Å². The fourth-order valence-corrected chi connectivity index (χ4v) is 2.42. The summed E-state index contributed by atoms with van der Waals surface area (Å²) in [6.07, 6.45) is -0.633. The first-order valence-corrected chi connectivity index (χ1v) is 6.71. The monoisotopic (exact) mass is 281 g/mol. The molecule has 0 fully saturated rings. The van der Waals surface area contributed by atoms with E-state index in [2.05, 4.69) is 4.99 Å². The number of nitrogens with zero attached hydrogens (tertiary/aromatic N) is 1. The lowest BCUT2D eigenvalue weighted by Crippen LogP contribution is -2.37. The third-order valence-electron chi connectivity index (χ3n) is 3.63. The smallest absolute Gasteiger partial charge is 0.335 e. The molecule has 2 aromatic carbocycles. The molecule has 3 rings (SSSR count). The predicted octanol–water partition coefficient (Wildman–Crippen LogP) is 3.05. The van der Waals surface area contributed by atoms with Crippen molar-refractivity contribution in [2.24, 2.45) is 4.99 Å². The van der Waals surface area contributed by atoms with Crippen LogP contribution in [0.5, 0.6) is 0 Å². The van der Waals surface area contributed by atoms with Crippen LogP contribution in [-0.2, 0) is 9.53 Å². The van der Waals surface area contributed by atoms with Crippen LogP contribution in [0.1, 0.15) is 24.2 Å². The van der Waals surface area contributed by atoms with Crippen LogP contribution in [0.25, 0.3) is 0 Å². The molecule has 0 saturated carbocycles. The Labute approximate surface area is 122 Å². The highest BCUT2D eigenvalue weighted by Crippen LogP contribution is 2.39. The molecule has 4 heteroatoms. The van der Waals surface area contributed by atoms with Gasteiger partial charge in [0.1, 0.15) is 0 Å². The second-order valence-electron chi connectivity index (χ2n) is 5.14. The summed E-state index contributed by atoms with van der Waals surface area (Å²) < 4.78 is 5.88. The molecule has 0 bridgehead atoms. The van der Waals surface area contributed by atoms with Gasteiger partial charge in [-0.3, -0.25) is 0 Å². The van der Waals surface area contributed by atoms with E-state index in [-0.39, 0.29) is 0 Å². The molecular formula is C17H15NO3. The highest BCUT2D eigenvalue weighted by molar-refractivity contribution is 5.99. The summed E-state index contributed by atoms with van der Waals surface area (Å²) in [5.74, 6) is -0.628. The molecule has 0 aliphatic carbocycles. The Morgan fingerprint density at radius 1 is 1.10 bits per heavy atom. The molecule has 0 saturated heterocycles. The average Bonchev–Trinajstić information content (AvgIpc) is 2.88. The van der Waals surface area contributed by atoms with E-state index in [1.54, 1.807) is 6.92 Å². The van der Waals surface area contributed by atoms with Gasteiger partial charge in [0.15, 0.2) is 11.6 Å². The van der Waals surface area contributed by atoms with Gasteiger partial charge in [-0.1, -0.05) is 48.5 Å². The summed E-state index contributed by atoms with van der Waals surface area (Å²) in [6.45, 7) is 1.59. The molecule has 0 spiro atoms. The van der Waals surface area contributed by atoms with Crippen molar-refractivity contribution in [2.45, 2.75) is 18.6 Å². The van der Waals surface area contributed by atoms with E-state index in [4.69, 9.17) is 4.74 Å². The SMILES string of the molecule is C[C@]1(C(=O)O)N=C(c2ccccc2)O[C@H]1c1ccccc1. The van der Waals surface area contributed by atoms with Gasteiger partial charge in [0, 0.05) is 5.56 Å². The number of carboxylic acid groups (broad SMARTS) is 1. The summed E-state index contributed by atoms with van der Waals surface area (Å²) in [5, 5.41) is 9.58. The van der Waals surface area contributed by atoms with Crippen molar-refractivity contribution in [3.63, 3.8) is 0 Å². The van der Waals surface area contributed by atoms with Gasteiger partial charge in [0.2, 0.25) is 5.90 Å². The van der Waals surface area contributed by atoms with Crippen LogP contribution < -0.4 is 0 Å². The standard InChI is InChI=1S/C17H15NO3/c1-17(16(19)20)14(12-8-4-2-5-9-12)21-15(18-17)13-10-6-3-7-11-13/h2-11,14H,1H3,(H,19,20)/t14-,17-/m0/s1. The van der Waals surface area contributed by atoms with Crippen LogP contribution in [0, 0.1) is 0 Å². The van der Waals surface area contributed by atoms with Crippen molar-refractivity contribution in [1.82, 2.24) is 0 Å². The Balaban J connectivity index is 2.03. The molecule has 0 radical (unpaired) electrons. The van der Waals surface area contributed by atoms with Gasteiger partial charge in [-0.05, 0) is 24.6 Å². The molecule has 21 heavy (non-hydrogen) atoms. The number of hydrogen-bond donors (Lipinski definition) is 1. The van der Waals surface area contributed by atoms with Crippen molar-refractivity contribution in [3.8, 4) is 0 Å². The van der Waals surface area contributed by atoms with Crippen LogP contribution in [-0.4, -0.2) is 22.5 Å². The van der Waals surface area contributed by atoms with Crippen molar-refractivity contribution < 1.29 is 14.6 Å². The molecule has 106 valence electrons. The van der Waals surface area contributed by atoms with E-state index in [1.807, 2.05) is 60.7 Å². The molecule has 0 aromatic heterocycles. The first-order chi connectivity index (χ1) is 10.1. The summed E-state index contributed by atoms with van der Waals surface area (Å²) in [5.41, 5.74) is 0.257. The average molecular weight is 281 g/mol. The Bertz CT molecular complexity index is 682. The fourth-order valence-electron chi connectivity index (χ4n) is 2.42. The topological polar surface area (TPSA) is 58.9 Å². The summed E-state index contributed by atoms with van der Waals surface area (Å²) in [4.78, 5) is 16.0. The van der Waals surface area contributed by atoms with Crippen molar-refractivity contribution >= 4 is 11.9 Å². The second kappa shape index (κ2) is 5.05. The lowest BCUT2D eigenvalue weighted by atomic mass is 9.90. The fraction of sp³-hybridized carbons (Fsp3) is 0.176. The molecule has 1 N–H and O–H groups in total. The lowest BCUT2D eigenvalue weighted by Gasteiger charge is -2.23. The number of hydrogen-bond acceptors (Lipinski definition) is 3. The minimum Gasteiger partial charge on any atom is -0.479 e. The number of carbonyl (C=O) groups is 1. The third-order valence-corrected chi connectivity index (χ3v) is 3.63. The van der Waals surface area contributed by atoms with Gasteiger partial charge in [-0.25, -0.2) is 9.79 Å². The van der Waals surface area contributed by atoms with E-state index >= 15 is 0 Å². The van der Waals surface area contributed by atoms with Crippen LogP contribution in [0.3, 0.4) is 0 Å². The van der Waals surface area contributed by atoms with Gasteiger partial charge >= 0.3 is 5.97 Å². The summed E-state index contributed by atoms with van der Waals surface area (Å²) >= 11 is 0. The molecule has 0 amide bonds. The highest BCUT2D eigenvalue weighted by Gasteiger charge is 2.49. The lowest BCUT2D eigenvalue weighted by molar-refractivity contribution is -0.145. The van der Waals surface area contributed by atoms with Crippen molar-refractivity contribution in [3.05, 3.63) is 71.8 Å². The molecule has 1 heterocycles. The Hall–Kier alpha value is -2.62. The van der Waals surface area contributed by atoms with Gasteiger partial charge in [-0.2, -0.15) is 0 Å². The molecule has 4 nitrogen and oxygen atoms in total. The molecule has 2 aromatic rings. The first kappa shape index (κ1) is 13.4. The molecule has 1 aliphatic heterocycles. The number of ether oxygens (including phenoxy) is 1. The van der Waals surface area contributed by atoms with E-state index < -0.39 is 17.6 Å². The number of benzene rings is 2. The maximum Gasteiger partial charge on any atom is 0.335 e. The Morgan fingerprint density at radius 3 is 2.24 bits per heavy atom. The summed E-state index contributed by atoms with van der Waals surface area (Å²) in [7, 11) is 0. The predicted molar refractivity (Wildman–Crippen MR) is 79.3 cm³/mol. The molecule has 1 aliphatic rings. The summed E-state index contributed by atoms with van der Waals surface area (Å²) in [6, 6.07) is 18.7. The zero-order valence-electron chi connectivity index (χ0n) is 11.6. The number of aliphatic imine (C=N–C) groups is 1. The van der Waals surface area contributed by atoms with E-state index in [9.17, 15) is 9.90 Å². The number of rotatable bonds is 3. The number of aliphatic carboxylic acids is 1. The highest BCUT2D eigenvalue weighted by atomic mass is 16.5. The van der Waals surface area contributed by atoms with E-state index in [0.29, 0.717) is 5.90 Å². The quantitative estimate of drug-likeness (QED) is 0.940. The molecule has 0 unspecified atom stereocenters. The van der Waals surface area contributed by atoms with Gasteiger partial charge < -0.3 is 9.84 Å². The van der Waals surface area contributed by atoms with Crippen molar-refractivity contribution in [1.29, 1.82) is 0 Å². The van der Waals surface area contributed by atoms with Crippen LogP contribution >= 0.6 is 0 Å². The van der Waals surface area contributed by atoms with Gasteiger partial charge in [-0.15, -0.1) is 0 Å². The van der Waals surface area contributed by atoms with Crippen LogP contribution in [0.15, 0.2) is 65.7 Å². The first-order valence-electron chi connectivity index (χ1n) is 6.71. The maximum absolute atomic E-state index is 11.7. The molecule has 2 atom stereocenters. The van der Waals surface area contributed by atoms with Crippen molar-refractivity contribution in [2.75, 3.05) is 0 Å². The zero-order chi connectivity index (χ0) is 14.9. The largest absolute Gasteiger partial charge is 0.479 e. The normalized spacial score (nSPS) is 24.2. The third kappa shape index (κ3) is 2.29. The maximum atomic E-state index is 11.7.